The minimum atomic E-state index is 0. The number of hydrogen-bond donors (Lipinski definition) is 0. The van der Waals surface area contributed by atoms with Crippen LogP contribution in [0.1, 0.15) is 1.43 Å². The van der Waals surface area contributed by atoms with Crippen molar-refractivity contribution in [3.8, 4) is 0 Å². The molecule has 0 saturated carbocycles. The molecule has 0 amide bonds. The average molecular weight is 442 g/mol. The van der Waals surface area contributed by atoms with Crippen molar-refractivity contribution in [1.82, 2.24) is 0 Å². The van der Waals surface area contributed by atoms with E-state index in [2.05, 4.69) is 0 Å². The molecule has 0 aliphatic heterocycles. The normalized spacial score (nSPS) is 1.50. The second kappa shape index (κ2) is 16.3. The van der Waals surface area contributed by atoms with Crippen LogP contribution in [0.3, 0.4) is 0 Å². The third-order valence-corrected chi connectivity index (χ3v) is 0. The van der Waals surface area contributed by atoms with E-state index in [-0.39, 0.29) is 91.4 Å². The average Bonchev–Trinajstić information content (AvgIpc) is 1.00. The van der Waals surface area contributed by atoms with Crippen LogP contribution in [0.25, 0.3) is 0 Å². The smallest absolute Gasteiger partial charge is 0 e. The Morgan fingerprint density at radius 2 is 1.50 bits per heavy atom. The topological polar surface area (TPSA) is 17.1 Å². The molecule has 0 aromatic heterocycles. The molecule has 0 aromatic rings. The van der Waals surface area contributed by atoms with E-state index in [4.69, 9.17) is 3.25 Å². The Labute approximate surface area is 112 Å². The van der Waals surface area contributed by atoms with Gasteiger partial charge in [-0.2, -0.15) is 0 Å². The molecule has 0 aliphatic rings. The third kappa shape index (κ3) is 8.99. The predicted molar refractivity (Wildman–Crippen MR) is 1.80 cm³/mol. The molecule has 0 saturated heterocycles. The molecule has 1 nitrogen and oxygen atoms in total. The van der Waals surface area contributed by atoms with Crippen LogP contribution in [0.4, 0.5) is 0 Å². The van der Waals surface area contributed by atoms with E-state index in [1.807, 2.05) is 0 Å². The summed E-state index contributed by atoms with van der Waals surface area (Å²) < 4.78 is 8.06. The molecule has 0 N–H and O–H groups in total. The van der Waals surface area contributed by atoms with E-state index >= 15 is 0 Å². The third-order valence-electron chi connectivity index (χ3n) is 0. The Morgan fingerprint density at radius 1 is 1.50 bits per heavy atom. The summed E-state index contributed by atoms with van der Waals surface area (Å²) in [6.45, 7) is 0. The van der Waals surface area contributed by atoms with Crippen molar-refractivity contribution < 1.29 is 116 Å². The van der Waals surface area contributed by atoms with Crippen LogP contribution in [0.2, 0.25) is 0 Å². The first-order valence-corrected chi connectivity index (χ1v) is 0.728. The van der Waals surface area contributed by atoms with Gasteiger partial charge in [0.2, 0.25) is 0 Å². The van der Waals surface area contributed by atoms with Gasteiger partial charge in [-0.05, 0) is 0 Å². The second-order valence-electron chi connectivity index (χ2n) is 0. The molecule has 4 heavy (non-hydrogen) atoms. The summed E-state index contributed by atoms with van der Waals surface area (Å²) in [7, 11) is 0. The van der Waals surface area contributed by atoms with E-state index in [1.54, 1.807) is 21.0 Å². The maximum atomic E-state index is 8.06. The van der Waals surface area contributed by atoms with Gasteiger partial charge in [0.1, 0.15) is 0 Å². The Kier molecular flexibility index (Phi) is 63.8. The van der Waals surface area contributed by atoms with Gasteiger partial charge in [-0.25, -0.2) is 0 Å². The molecule has 0 aromatic carbocycles. The Bertz CT molecular complexity index is 11.6. The summed E-state index contributed by atoms with van der Waals surface area (Å²) in [5.41, 5.74) is 0. The predicted octanol–water partition coefficient (Wildman–Crippen LogP) is -3.01. The fraction of sp³-hybridized carbons (Fsp3) is 0. The fourth-order valence-corrected chi connectivity index (χ4v) is 0. The van der Waals surface area contributed by atoms with Gasteiger partial charge in [0.05, 0.1) is 0 Å². The zero-order valence-electron chi connectivity index (χ0n) is 3.12. The monoisotopic (exact) mass is 441 g/mol. The van der Waals surface area contributed by atoms with Gasteiger partial charge in [0, 0.05) is 21.1 Å². The van der Waals surface area contributed by atoms with Gasteiger partial charge in [0.15, 0.2) is 0 Å². The molecular formula is HAgCsOW. The van der Waals surface area contributed by atoms with Gasteiger partial charge in [-0.1, -0.05) is 0 Å². The van der Waals surface area contributed by atoms with Gasteiger partial charge in [-0.3, -0.25) is 0 Å². The van der Waals surface area contributed by atoms with Gasteiger partial charge >= 0.3 is 93.2 Å². The van der Waals surface area contributed by atoms with E-state index in [0.717, 1.165) is 0 Å². The van der Waals surface area contributed by atoms with Crippen molar-refractivity contribution >= 4 is 0 Å². The molecule has 0 rings (SSSR count). The quantitative estimate of drug-likeness (QED) is 0.366. The standard InChI is InChI=1S/Ag.Cs.O.W.H/q;+1;;;-1. The first-order valence-electron chi connectivity index (χ1n) is 0.123. The molecule has 25 valence electrons. The molecule has 0 fully saturated rings. The number of rotatable bonds is 0. The zero-order chi connectivity index (χ0) is 2.00. The van der Waals surface area contributed by atoms with Crippen molar-refractivity contribution in [2.45, 2.75) is 0 Å². The van der Waals surface area contributed by atoms with Crippen LogP contribution in [0.15, 0.2) is 0 Å². The first kappa shape index (κ1) is 15.7. The molecule has 0 aliphatic carbocycles. The van der Waals surface area contributed by atoms with E-state index < -0.39 is 0 Å². The van der Waals surface area contributed by atoms with Crippen LogP contribution < -0.4 is 68.9 Å². The molecular weight excluding hydrogens is 441 g/mol. The summed E-state index contributed by atoms with van der Waals surface area (Å²) in [4.78, 5) is 0. The molecule has 0 bridgehead atoms. The summed E-state index contributed by atoms with van der Waals surface area (Å²) in [5.74, 6) is 0. The Hall–Kier alpha value is 3.28. The largest absolute Gasteiger partial charge is 0 e. The maximum Gasteiger partial charge on any atom is 0 e. The summed E-state index contributed by atoms with van der Waals surface area (Å²) in [6, 6.07) is 0. The zero-order valence-corrected chi connectivity index (χ0v) is 12.8. The molecule has 0 radical (unpaired) electrons. The minimum Gasteiger partial charge on any atom is 0 e. The molecule has 0 unspecified atom stereocenters. The minimum absolute atomic E-state index is 0. The van der Waals surface area contributed by atoms with Crippen molar-refractivity contribution in [3.63, 3.8) is 0 Å². The van der Waals surface area contributed by atoms with Crippen LogP contribution in [-0.4, -0.2) is 0 Å². The molecule has 0 spiro atoms. The first-order chi connectivity index (χ1) is 1.00. The Balaban J connectivity index is -0.00000000167. The summed E-state index contributed by atoms with van der Waals surface area (Å²) in [5, 5.41) is 0. The van der Waals surface area contributed by atoms with E-state index in [1.165, 1.54) is 0 Å². The van der Waals surface area contributed by atoms with Crippen LogP contribution in [-0.2, 0) is 45.4 Å². The molecule has 0 heterocycles. The second-order valence-corrected chi connectivity index (χ2v) is 0. The summed E-state index contributed by atoms with van der Waals surface area (Å²) >= 11 is 1.70. The number of hydrogen-bond acceptors (Lipinski definition) is 1. The Morgan fingerprint density at radius 3 is 1.50 bits per heavy atom. The van der Waals surface area contributed by atoms with Gasteiger partial charge in [-0.15, -0.1) is 0 Å². The molecule has 4 heteroatoms. The van der Waals surface area contributed by atoms with Crippen LogP contribution in [0.5, 0.6) is 0 Å². The maximum absolute atomic E-state index is 8.06. The van der Waals surface area contributed by atoms with E-state index in [0.29, 0.717) is 0 Å². The van der Waals surface area contributed by atoms with Crippen molar-refractivity contribution in [3.05, 3.63) is 0 Å². The van der Waals surface area contributed by atoms with Crippen molar-refractivity contribution in [2.24, 2.45) is 0 Å². The van der Waals surface area contributed by atoms with Crippen LogP contribution >= 0.6 is 0 Å². The SMILES string of the molecule is [Cs+].[H-].[O]=[Ag].[W]. The van der Waals surface area contributed by atoms with Gasteiger partial charge < -0.3 is 1.43 Å². The summed E-state index contributed by atoms with van der Waals surface area (Å²) in [6.07, 6.45) is 0. The van der Waals surface area contributed by atoms with Gasteiger partial charge in [0.25, 0.3) is 0 Å². The fourth-order valence-electron chi connectivity index (χ4n) is 0. The van der Waals surface area contributed by atoms with Crippen LogP contribution in [0, 0.1) is 0 Å². The van der Waals surface area contributed by atoms with Crippen molar-refractivity contribution in [2.75, 3.05) is 0 Å². The van der Waals surface area contributed by atoms with Crippen molar-refractivity contribution in [1.29, 1.82) is 0 Å². The van der Waals surface area contributed by atoms with E-state index in [9.17, 15) is 0 Å². The molecule has 0 atom stereocenters.